The highest BCUT2D eigenvalue weighted by Crippen LogP contribution is 2.34. The molecule has 4 heterocycles. The molecule has 4 aromatic rings. The minimum atomic E-state index is -0.497. The first-order valence-corrected chi connectivity index (χ1v) is 16.6. The van der Waals surface area contributed by atoms with Crippen LogP contribution in [0.3, 0.4) is 0 Å². The molecule has 0 aliphatic carbocycles. The molecular weight excluding hydrogens is 576 g/mol. The third kappa shape index (κ3) is 6.24. The Morgan fingerprint density at radius 2 is 1.00 bits per heavy atom. The number of H-pyrrole nitrogens is 2. The molecule has 4 atom stereocenters. The number of rotatable bonds is 9. The van der Waals surface area contributed by atoms with Crippen LogP contribution in [0.25, 0.3) is 33.6 Å². The van der Waals surface area contributed by atoms with E-state index in [-0.39, 0.29) is 35.7 Å². The van der Waals surface area contributed by atoms with Gasteiger partial charge in [0.05, 0.1) is 47.9 Å². The number of carbonyl (C=O) groups excluding carboxylic acids is 2. The van der Waals surface area contributed by atoms with Crippen LogP contribution in [0.15, 0.2) is 60.9 Å². The van der Waals surface area contributed by atoms with E-state index in [1.54, 1.807) is 0 Å². The summed E-state index contributed by atoms with van der Waals surface area (Å²) in [5.74, 6) is 1.80. The number of nitrogens with two attached hydrogens (primary N) is 2. The molecule has 0 radical (unpaired) electrons. The van der Waals surface area contributed by atoms with Crippen molar-refractivity contribution in [3.8, 4) is 33.6 Å². The number of benzene rings is 2. The van der Waals surface area contributed by atoms with Crippen LogP contribution in [0.2, 0.25) is 0 Å². The van der Waals surface area contributed by atoms with Crippen molar-refractivity contribution in [1.29, 1.82) is 0 Å². The first-order valence-electron chi connectivity index (χ1n) is 16.6. The zero-order valence-electron chi connectivity index (χ0n) is 27.2. The Hall–Kier alpha value is -4.28. The summed E-state index contributed by atoms with van der Waals surface area (Å²) < 4.78 is 0. The average molecular weight is 623 g/mol. The number of nitrogens with one attached hydrogen (secondary N) is 2. The highest BCUT2D eigenvalue weighted by molar-refractivity contribution is 5.83. The first kappa shape index (κ1) is 31.7. The largest absolute Gasteiger partial charge is 0.340 e. The van der Waals surface area contributed by atoms with Crippen molar-refractivity contribution in [1.82, 2.24) is 29.7 Å². The maximum absolute atomic E-state index is 13.0. The lowest BCUT2D eigenvalue weighted by Crippen LogP contribution is -2.46. The number of hydrogen-bond donors (Lipinski definition) is 4. The van der Waals surface area contributed by atoms with Crippen LogP contribution in [-0.4, -0.2) is 66.7 Å². The minimum absolute atomic E-state index is 0.00181. The molecule has 10 nitrogen and oxygen atoms in total. The van der Waals surface area contributed by atoms with Crippen LogP contribution in [0.1, 0.15) is 77.1 Å². The Morgan fingerprint density at radius 3 is 1.35 bits per heavy atom. The van der Waals surface area contributed by atoms with Gasteiger partial charge in [0.2, 0.25) is 11.8 Å². The van der Waals surface area contributed by atoms with Gasteiger partial charge < -0.3 is 31.2 Å². The number of carbonyl (C=O) groups is 2. The van der Waals surface area contributed by atoms with Crippen molar-refractivity contribution in [3.63, 3.8) is 0 Å². The van der Waals surface area contributed by atoms with Crippen LogP contribution in [0.5, 0.6) is 0 Å². The summed E-state index contributed by atoms with van der Waals surface area (Å²) in [6, 6.07) is 15.7. The first-order chi connectivity index (χ1) is 22.1. The molecule has 0 spiro atoms. The van der Waals surface area contributed by atoms with Crippen molar-refractivity contribution in [2.75, 3.05) is 13.1 Å². The third-order valence-corrected chi connectivity index (χ3v) is 9.63. The van der Waals surface area contributed by atoms with Crippen molar-refractivity contribution in [2.24, 2.45) is 23.3 Å². The summed E-state index contributed by atoms with van der Waals surface area (Å²) in [6.07, 6.45) is 7.34. The van der Waals surface area contributed by atoms with Crippen LogP contribution in [-0.2, 0) is 9.59 Å². The fourth-order valence-corrected chi connectivity index (χ4v) is 6.57. The van der Waals surface area contributed by atoms with Gasteiger partial charge in [0.25, 0.3) is 0 Å². The van der Waals surface area contributed by atoms with Gasteiger partial charge >= 0.3 is 0 Å². The van der Waals surface area contributed by atoms with Crippen LogP contribution in [0.4, 0.5) is 0 Å². The molecule has 46 heavy (non-hydrogen) atoms. The van der Waals surface area contributed by atoms with Gasteiger partial charge in [-0.25, -0.2) is 9.97 Å². The van der Waals surface area contributed by atoms with E-state index < -0.39 is 12.1 Å². The van der Waals surface area contributed by atoms with Crippen LogP contribution < -0.4 is 11.5 Å². The maximum Gasteiger partial charge on any atom is 0.240 e. The predicted octanol–water partition coefficient (Wildman–Crippen LogP) is 5.43. The molecule has 2 aromatic carbocycles. The van der Waals surface area contributed by atoms with Gasteiger partial charge in [-0.05, 0) is 59.8 Å². The molecule has 2 unspecified atom stereocenters. The van der Waals surface area contributed by atoms with Gasteiger partial charge in [-0.1, -0.05) is 76.2 Å². The second-order valence-electron chi connectivity index (χ2n) is 13.4. The Labute approximate surface area is 271 Å². The SMILES string of the molecule is CC(C)C(N)C(=O)N1CCC[C@H]1c1ncc(-c2ccc(-c3ccc(-c4cnc([C@@H]5CCCN5C(=O)C(N)C(C)C)[nH]4)cc3)cc2)[nH]1. The highest BCUT2D eigenvalue weighted by atomic mass is 16.2. The maximum atomic E-state index is 13.0. The predicted molar refractivity (Wildman–Crippen MR) is 180 cm³/mol. The second kappa shape index (κ2) is 13.2. The molecule has 6 rings (SSSR count). The molecule has 2 amide bonds. The van der Waals surface area contributed by atoms with Crippen molar-refractivity contribution >= 4 is 11.8 Å². The van der Waals surface area contributed by atoms with E-state index in [9.17, 15) is 9.59 Å². The quantitative estimate of drug-likeness (QED) is 0.196. The molecule has 2 fully saturated rings. The standard InChI is InChI=1S/C36H46N8O2/c1-21(2)31(37)35(45)43-17-5-7-29(43)33-39-19-27(41-33)25-13-9-23(10-14-25)24-11-15-26(16-12-24)28-20-40-34(42-28)30-8-6-18-44(30)36(46)32(38)22(3)4/h9-16,19-22,29-32H,5-8,17-18,37-38H2,1-4H3,(H,39,41)(H,40,42)/t29-,30-,31?,32?/m0/s1. The smallest absolute Gasteiger partial charge is 0.240 e. The van der Waals surface area contributed by atoms with Gasteiger partial charge in [-0.3, -0.25) is 9.59 Å². The van der Waals surface area contributed by atoms with Gasteiger partial charge in [0, 0.05) is 13.1 Å². The lowest BCUT2D eigenvalue weighted by atomic mass is 10.0. The summed E-state index contributed by atoms with van der Waals surface area (Å²) in [7, 11) is 0. The summed E-state index contributed by atoms with van der Waals surface area (Å²) in [4.78, 5) is 46.0. The monoisotopic (exact) mass is 622 g/mol. The molecule has 242 valence electrons. The van der Waals surface area contributed by atoms with Gasteiger partial charge in [0.15, 0.2) is 0 Å². The molecule has 2 saturated heterocycles. The van der Waals surface area contributed by atoms with E-state index >= 15 is 0 Å². The second-order valence-corrected chi connectivity index (χ2v) is 13.4. The third-order valence-electron chi connectivity index (χ3n) is 9.63. The van der Waals surface area contributed by atoms with Crippen molar-refractivity contribution in [3.05, 3.63) is 72.6 Å². The van der Waals surface area contributed by atoms with Crippen LogP contribution >= 0.6 is 0 Å². The molecule has 0 saturated carbocycles. The fraction of sp³-hybridized carbons (Fsp3) is 0.444. The molecule has 10 heteroatoms. The number of amides is 2. The van der Waals surface area contributed by atoms with Crippen molar-refractivity contribution in [2.45, 2.75) is 77.5 Å². The summed E-state index contributed by atoms with van der Waals surface area (Å²) in [5.41, 5.74) is 18.5. The number of aromatic amines is 2. The Balaban J connectivity index is 1.12. The molecule has 2 aliphatic heterocycles. The van der Waals surface area contributed by atoms with Gasteiger partial charge in [-0.2, -0.15) is 0 Å². The van der Waals surface area contributed by atoms with E-state index in [4.69, 9.17) is 11.5 Å². The Morgan fingerprint density at radius 1 is 0.652 bits per heavy atom. The number of imidazole rings is 2. The molecular formula is C36H46N8O2. The number of hydrogen-bond acceptors (Lipinski definition) is 6. The van der Waals surface area contributed by atoms with Gasteiger partial charge in [0.1, 0.15) is 11.6 Å². The normalized spacial score (nSPS) is 19.7. The molecule has 2 aliphatic rings. The summed E-state index contributed by atoms with van der Waals surface area (Å²) in [6.45, 7) is 9.34. The zero-order valence-corrected chi connectivity index (χ0v) is 27.2. The topological polar surface area (TPSA) is 150 Å². The van der Waals surface area contributed by atoms with E-state index in [1.807, 2.05) is 49.9 Å². The summed E-state index contributed by atoms with van der Waals surface area (Å²) >= 11 is 0. The fourth-order valence-electron chi connectivity index (χ4n) is 6.57. The number of nitrogens with zero attached hydrogens (tertiary/aromatic N) is 4. The van der Waals surface area contributed by atoms with Crippen LogP contribution in [0, 0.1) is 11.8 Å². The Kier molecular flexibility index (Phi) is 9.11. The molecule has 2 aromatic heterocycles. The lowest BCUT2D eigenvalue weighted by Gasteiger charge is -2.27. The minimum Gasteiger partial charge on any atom is -0.340 e. The zero-order chi connectivity index (χ0) is 32.5. The highest BCUT2D eigenvalue weighted by Gasteiger charge is 2.36. The average Bonchev–Trinajstić information content (AvgIpc) is 3.89. The number of likely N-dealkylation sites (tertiary alicyclic amines) is 2. The summed E-state index contributed by atoms with van der Waals surface area (Å²) in [5, 5.41) is 0. The van der Waals surface area contributed by atoms with Gasteiger partial charge in [-0.15, -0.1) is 0 Å². The van der Waals surface area contributed by atoms with Crippen molar-refractivity contribution < 1.29 is 9.59 Å². The Bertz CT molecular complexity index is 1530. The van der Waals surface area contributed by atoms with E-state index in [2.05, 4.69) is 68.5 Å². The van der Waals surface area contributed by atoms with E-state index in [1.165, 1.54) is 0 Å². The number of aromatic nitrogens is 4. The van der Waals surface area contributed by atoms with E-state index in [0.29, 0.717) is 13.1 Å². The molecule has 0 bridgehead atoms. The lowest BCUT2D eigenvalue weighted by molar-refractivity contribution is -0.135. The van der Waals surface area contributed by atoms with E-state index in [0.717, 1.165) is 71.0 Å². The molecule has 6 N–H and O–H groups in total.